The molecule has 1 aliphatic heterocycles. The third-order valence-electron chi connectivity index (χ3n) is 3.09. The van der Waals surface area contributed by atoms with Gasteiger partial charge in [-0.2, -0.15) is 0 Å². The lowest BCUT2D eigenvalue weighted by Crippen LogP contribution is -2.58. The molecule has 1 fully saturated rings. The standard InChI is InChI=1S/C13H17N3O3/c1-16(8-9-4-2-3-5-11(9)17)13(19)10-6-15-12(18)7-14-10/h2-5,10,14,17H,6-8H2,1H3,(H,15,18). The van der Waals surface area contributed by atoms with Crippen LogP contribution in [0.4, 0.5) is 0 Å². The van der Waals surface area contributed by atoms with Crippen LogP contribution in [0, 0.1) is 0 Å². The van der Waals surface area contributed by atoms with E-state index in [4.69, 9.17) is 0 Å². The molecule has 0 bridgehead atoms. The molecular formula is C13H17N3O3. The van der Waals surface area contributed by atoms with Crippen molar-refractivity contribution in [2.24, 2.45) is 0 Å². The number of hydrogen-bond acceptors (Lipinski definition) is 4. The summed E-state index contributed by atoms with van der Waals surface area (Å²) in [6, 6.07) is 6.50. The van der Waals surface area contributed by atoms with Gasteiger partial charge in [-0.25, -0.2) is 0 Å². The van der Waals surface area contributed by atoms with Gasteiger partial charge in [-0.15, -0.1) is 0 Å². The van der Waals surface area contributed by atoms with Crippen LogP contribution in [0.15, 0.2) is 24.3 Å². The van der Waals surface area contributed by atoms with Crippen molar-refractivity contribution in [2.45, 2.75) is 12.6 Å². The minimum absolute atomic E-state index is 0.104. The molecule has 6 heteroatoms. The highest BCUT2D eigenvalue weighted by atomic mass is 16.3. The molecule has 1 aliphatic rings. The molecule has 0 spiro atoms. The van der Waals surface area contributed by atoms with Crippen LogP contribution in [0.25, 0.3) is 0 Å². The summed E-state index contributed by atoms with van der Waals surface area (Å²) in [6.07, 6.45) is 0. The number of nitrogens with one attached hydrogen (secondary N) is 2. The number of phenols is 1. The number of carbonyl (C=O) groups excluding carboxylic acids is 2. The molecule has 1 unspecified atom stereocenters. The van der Waals surface area contributed by atoms with Crippen LogP contribution in [0.1, 0.15) is 5.56 Å². The van der Waals surface area contributed by atoms with Crippen LogP contribution >= 0.6 is 0 Å². The first-order valence-corrected chi connectivity index (χ1v) is 6.10. The van der Waals surface area contributed by atoms with Gasteiger partial charge in [0.15, 0.2) is 0 Å². The van der Waals surface area contributed by atoms with E-state index in [0.717, 1.165) is 0 Å². The first-order valence-electron chi connectivity index (χ1n) is 6.10. The van der Waals surface area contributed by atoms with Crippen LogP contribution in [0.5, 0.6) is 5.75 Å². The van der Waals surface area contributed by atoms with Crippen LogP contribution in [0.3, 0.4) is 0 Å². The quantitative estimate of drug-likeness (QED) is 0.682. The van der Waals surface area contributed by atoms with Gasteiger partial charge in [-0.05, 0) is 6.07 Å². The number of para-hydroxylation sites is 1. The summed E-state index contributed by atoms with van der Waals surface area (Å²) >= 11 is 0. The van der Waals surface area contributed by atoms with E-state index >= 15 is 0 Å². The lowest BCUT2D eigenvalue weighted by atomic mass is 10.1. The summed E-state index contributed by atoms with van der Waals surface area (Å²) in [5.41, 5.74) is 0.693. The Labute approximate surface area is 111 Å². The lowest BCUT2D eigenvalue weighted by molar-refractivity contribution is -0.134. The molecule has 0 saturated carbocycles. The van der Waals surface area contributed by atoms with Crippen molar-refractivity contribution < 1.29 is 14.7 Å². The second-order valence-electron chi connectivity index (χ2n) is 4.56. The van der Waals surface area contributed by atoms with Gasteiger partial charge in [0.2, 0.25) is 11.8 Å². The molecule has 102 valence electrons. The highest BCUT2D eigenvalue weighted by Gasteiger charge is 2.26. The van der Waals surface area contributed by atoms with Crippen molar-refractivity contribution in [3.05, 3.63) is 29.8 Å². The number of piperazine rings is 1. The Morgan fingerprint density at radius 3 is 2.84 bits per heavy atom. The van der Waals surface area contributed by atoms with Crippen molar-refractivity contribution in [3.8, 4) is 5.75 Å². The van der Waals surface area contributed by atoms with E-state index in [0.29, 0.717) is 18.7 Å². The fraction of sp³-hybridized carbons (Fsp3) is 0.385. The lowest BCUT2D eigenvalue weighted by Gasteiger charge is -2.27. The topological polar surface area (TPSA) is 81.7 Å². The second-order valence-corrected chi connectivity index (χ2v) is 4.56. The van der Waals surface area contributed by atoms with Crippen molar-refractivity contribution in [3.63, 3.8) is 0 Å². The zero-order valence-corrected chi connectivity index (χ0v) is 10.7. The zero-order chi connectivity index (χ0) is 13.8. The van der Waals surface area contributed by atoms with Gasteiger partial charge in [0, 0.05) is 25.7 Å². The van der Waals surface area contributed by atoms with Gasteiger partial charge in [-0.1, -0.05) is 18.2 Å². The van der Waals surface area contributed by atoms with E-state index in [1.165, 1.54) is 4.90 Å². The molecule has 0 aromatic heterocycles. The summed E-state index contributed by atoms with van der Waals surface area (Å²) in [7, 11) is 1.67. The average molecular weight is 263 g/mol. The molecular weight excluding hydrogens is 246 g/mol. The molecule has 1 saturated heterocycles. The predicted molar refractivity (Wildman–Crippen MR) is 69.4 cm³/mol. The minimum Gasteiger partial charge on any atom is -0.508 e. The molecule has 19 heavy (non-hydrogen) atoms. The van der Waals surface area contributed by atoms with E-state index in [-0.39, 0.29) is 24.1 Å². The fourth-order valence-electron chi connectivity index (χ4n) is 1.99. The van der Waals surface area contributed by atoms with Gasteiger partial charge in [0.1, 0.15) is 11.8 Å². The monoisotopic (exact) mass is 263 g/mol. The number of phenolic OH excluding ortho intramolecular Hbond substituents is 1. The number of benzene rings is 1. The molecule has 2 rings (SSSR count). The number of nitrogens with zero attached hydrogens (tertiary/aromatic N) is 1. The highest BCUT2D eigenvalue weighted by Crippen LogP contribution is 2.17. The van der Waals surface area contributed by atoms with Gasteiger partial charge in [0.05, 0.1) is 6.54 Å². The van der Waals surface area contributed by atoms with Crippen LogP contribution in [-0.4, -0.2) is 48.0 Å². The molecule has 2 amide bonds. The Morgan fingerprint density at radius 1 is 1.47 bits per heavy atom. The van der Waals surface area contributed by atoms with E-state index in [9.17, 15) is 14.7 Å². The minimum atomic E-state index is -0.409. The Hall–Kier alpha value is -2.08. The summed E-state index contributed by atoms with van der Waals surface area (Å²) < 4.78 is 0. The maximum atomic E-state index is 12.2. The zero-order valence-electron chi connectivity index (χ0n) is 10.7. The van der Waals surface area contributed by atoms with Crippen molar-refractivity contribution in [1.29, 1.82) is 0 Å². The Kier molecular flexibility index (Phi) is 4.01. The van der Waals surface area contributed by atoms with E-state index in [1.807, 2.05) is 6.07 Å². The van der Waals surface area contributed by atoms with Crippen LogP contribution < -0.4 is 10.6 Å². The number of hydrogen-bond donors (Lipinski definition) is 3. The smallest absolute Gasteiger partial charge is 0.241 e. The molecule has 1 heterocycles. The predicted octanol–water partition coefficient (Wildman–Crippen LogP) is -0.561. The van der Waals surface area contributed by atoms with Crippen molar-refractivity contribution in [2.75, 3.05) is 20.1 Å². The van der Waals surface area contributed by atoms with Crippen LogP contribution in [0.2, 0.25) is 0 Å². The van der Waals surface area contributed by atoms with E-state index < -0.39 is 6.04 Å². The number of likely N-dealkylation sites (N-methyl/N-ethyl adjacent to an activating group) is 1. The molecule has 6 nitrogen and oxygen atoms in total. The number of amides is 2. The summed E-state index contributed by atoms with van der Waals surface area (Å²) in [6.45, 7) is 0.779. The summed E-state index contributed by atoms with van der Waals surface area (Å²) in [4.78, 5) is 24.7. The van der Waals surface area contributed by atoms with Gasteiger partial charge >= 0.3 is 0 Å². The second kappa shape index (κ2) is 5.71. The van der Waals surface area contributed by atoms with Gasteiger partial charge in [0.25, 0.3) is 0 Å². The molecule has 3 N–H and O–H groups in total. The van der Waals surface area contributed by atoms with Gasteiger partial charge < -0.3 is 15.3 Å². The number of rotatable bonds is 3. The third-order valence-corrected chi connectivity index (χ3v) is 3.09. The molecule has 1 aromatic rings. The first-order chi connectivity index (χ1) is 9.08. The molecule has 0 radical (unpaired) electrons. The Balaban J connectivity index is 1.96. The first kappa shape index (κ1) is 13.4. The largest absolute Gasteiger partial charge is 0.508 e. The van der Waals surface area contributed by atoms with Crippen molar-refractivity contribution in [1.82, 2.24) is 15.5 Å². The normalized spacial score (nSPS) is 18.8. The van der Waals surface area contributed by atoms with E-state index in [2.05, 4.69) is 10.6 Å². The molecule has 0 aliphatic carbocycles. The summed E-state index contributed by atoms with van der Waals surface area (Å²) in [5.74, 6) is -0.0392. The molecule has 1 atom stereocenters. The maximum Gasteiger partial charge on any atom is 0.241 e. The van der Waals surface area contributed by atoms with E-state index in [1.54, 1.807) is 25.2 Å². The maximum absolute atomic E-state index is 12.2. The number of carbonyl (C=O) groups is 2. The van der Waals surface area contributed by atoms with Crippen molar-refractivity contribution >= 4 is 11.8 Å². The highest BCUT2D eigenvalue weighted by molar-refractivity contribution is 5.86. The average Bonchev–Trinajstić information content (AvgIpc) is 2.41. The van der Waals surface area contributed by atoms with Gasteiger partial charge in [-0.3, -0.25) is 14.9 Å². The third kappa shape index (κ3) is 3.23. The summed E-state index contributed by atoms with van der Waals surface area (Å²) in [5, 5.41) is 15.2. The fourth-order valence-corrected chi connectivity index (χ4v) is 1.99. The number of aromatic hydroxyl groups is 1. The SMILES string of the molecule is CN(Cc1ccccc1O)C(=O)C1CNC(=O)CN1. The Bertz CT molecular complexity index is 480. The molecule has 1 aromatic carbocycles. The Morgan fingerprint density at radius 2 is 2.21 bits per heavy atom. The van der Waals surface area contributed by atoms with Crippen LogP contribution in [-0.2, 0) is 16.1 Å².